The minimum atomic E-state index is -0.513. The van der Waals surface area contributed by atoms with Gasteiger partial charge in [0.25, 0.3) is 11.5 Å². The van der Waals surface area contributed by atoms with Gasteiger partial charge in [-0.25, -0.2) is 4.39 Å². The summed E-state index contributed by atoms with van der Waals surface area (Å²) in [5, 5.41) is 2.99. The number of nitrogens with zero attached hydrogens (tertiary/aromatic N) is 1. The number of carbonyl (C=O) groups is 1. The molecule has 0 unspecified atom stereocenters. The highest BCUT2D eigenvalue weighted by atomic mass is 32.1. The second kappa shape index (κ2) is 8.26. The minimum Gasteiger partial charge on any atom is -0.332 e. The van der Waals surface area contributed by atoms with Gasteiger partial charge in [0.15, 0.2) is 4.77 Å². The lowest BCUT2D eigenvalue weighted by molar-refractivity contribution is 0.102. The summed E-state index contributed by atoms with van der Waals surface area (Å²) in [5.74, 6) is -0.977. The van der Waals surface area contributed by atoms with Gasteiger partial charge in [-0.05, 0) is 49.0 Å². The number of hydrogen-bond donors (Lipinski definition) is 2. The average molecular weight is 385 g/mol. The van der Waals surface area contributed by atoms with Gasteiger partial charge in [-0.3, -0.25) is 14.2 Å². The lowest BCUT2D eigenvalue weighted by atomic mass is 10.1. The number of para-hydroxylation sites is 1. The van der Waals surface area contributed by atoms with E-state index in [4.69, 9.17) is 12.2 Å². The van der Waals surface area contributed by atoms with Crippen molar-refractivity contribution in [3.63, 3.8) is 0 Å². The predicted octanol–water partition coefficient (Wildman–Crippen LogP) is 4.64. The number of H-pyrrole nitrogens is 1. The van der Waals surface area contributed by atoms with Crippen LogP contribution in [0.4, 0.5) is 10.1 Å². The number of benzene rings is 2. The Morgan fingerprint density at radius 2 is 2.00 bits per heavy atom. The number of hydrogen-bond acceptors (Lipinski definition) is 3. The Bertz CT molecular complexity index is 1100. The van der Waals surface area contributed by atoms with Crippen LogP contribution in [0.15, 0.2) is 47.3 Å². The van der Waals surface area contributed by atoms with E-state index < -0.39 is 11.7 Å². The molecule has 0 radical (unpaired) electrons. The highest BCUT2D eigenvalue weighted by Crippen LogP contribution is 2.16. The maximum Gasteiger partial charge on any atom is 0.262 e. The second-order valence-electron chi connectivity index (χ2n) is 6.29. The Morgan fingerprint density at radius 1 is 1.22 bits per heavy atom. The molecule has 140 valence electrons. The molecule has 5 nitrogen and oxygen atoms in total. The quantitative estimate of drug-likeness (QED) is 0.480. The zero-order valence-corrected chi connectivity index (χ0v) is 15.7. The van der Waals surface area contributed by atoms with Gasteiger partial charge in [-0.15, -0.1) is 0 Å². The van der Waals surface area contributed by atoms with Gasteiger partial charge in [0.1, 0.15) is 5.82 Å². The minimum absolute atomic E-state index is 0.0990. The van der Waals surface area contributed by atoms with Crippen LogP contribution in [-0.2, 0) is 6.54 Å². The van der Waals surface area contributed by atoms with Gasteiger partial charge >= 0.3 is 0 Å². The molecule has 0 aliphatic carbocycles. The standard InChI is InChI=1S/C20H20FN3O2S/c1-2-3-6-11-24-19(26)14-10-9-13(12-17(14)23-20(24)27)18(25)22-16-8-5-4-7-15(16)21/h4-5,7-10,12H,2-3,6,11H2,1H3,(H,22,25)(H,23,27). The zero-order valence-electron chi connectivity index (χ0n) is 14.9. The SMILES string of the molecule is CCCCCn1c(=S)[nH]c2cc(C(=O)Nc3ccccc3F)ccc2c1=O. The van der Waals surface area contributed by atoms with Crippen LogP contribution in [0.25, 0.3) is 10.9 Å². The third-order valence-electron chi connectivity index (χ3n) is 4.35. The predicted molar refractivity (Wildman–Crippen MR) is 107 cm³/mol. The Labute approximate surface area is 160 Å². The zero-order chi connectivity index (χ0) is 19.4. The first kappa shape index (κ1) is 19.0. The van der Waals surface area contributed by atoms with Crippen LogP contribution in [0, 0.1) is 10.6 Å². The summed E-state index contributed by atoms with van der Waals surface area (Å²) in [6.07, 6.45) is 2.95. The summed E-state index contributed by atoms with van der Waals surface area (Å²) in [6.45, 7) is 2.66. The summed E-state index contributed by atoms with van der Waals surface area (Å²) in [5.41, 5.74) is 0.713. The number of aromatic nitrogens is 2. The molecule has 3 aromatic rings. The average Bonchev–Trinajstić information content (AvgIpc) is 2.65. The van der Waals surface area contributed by atoms with Crippen molar-refractivity contribution < 1.29 is 9.18 Å². The number of unbranched alkanes of at least 4 members (excludes halogenated alkanes) is 2. The Hall–Kier alpha value is -2.80. The summed E-state index contributed by atoms with van der Waals surface area (Å²) in [6, 6.07) is 10.6. The first-order chi connectivity index (χ1) is 13.0. The molecule has 3 rings (SSSR count). The first-order valence-electron chi connectivity index (χ1n) is 8.84. The van der Waals surface area contributed by atoms with E-state index in [9.17, 15) is 14.0 Å². The van der Waals surface area contributed by atoms with E-state index in [0.29, 0.717) is 27.8 Å². The number of fused-ring (bicyclic) bond motifs is 1. The molecule has 0 saturated heterocycles. The fourth-order valence-electron chi connectivity index (χ4n) is 2.88. The number of rotatable bonds is 6. The van der Waals surface area contributed by atoms with Crippen molar-refractivity contribution in [3.05, 3.63) is 69.0 Å². The topological polar surface area (TPSA) is 66.9 Å². The Kier molecular flexibility index (Phi) is 5.81. The van der Waals surface area contributed by atoms with E-state index in [-0.39, 0.29) is 11.2 Å². The van der Waals surface area contributed by atoms with Gasteiger partial charge in [0, 0.05) is 12.1 Å². The molecule has 0 aliphatic rings. The van der Waals surface area contributed by atoms with Gasteiger partial charge in [0.05, 0.1) is 16.6 Å². The largest absolute Gasteiger partial charge is 0.332 e. The van der Waals surface area contributed by atoms with Crippen LogP contribution in [0.1, 0.15) is 36.5 Å². The van der Waals surface area contributed by atoms with Gasteiger partial charge in [-0.1, -0.05) is 31.9 Å². The van der Waals surface area contributed by atoms with Gasteiger partial charge in [-0.2, -0.15) is 0 Å². The van der Waals surface area contributed by atoms with E-state index in [1.807, 2.05) is 0 Å². The number of nitrogens with one attached hydrogen (secondary N) is 2. The van der Waals surface area contributed by atoms with Crippen LogP contribution < -0.4 is 10.9 Å². The molecule has 0 bridgehead atoms. The maximum absolute atomic E-state index is 13.7. The summed E-state index contributed by atoms with van der Waals surface area (Å²) in [4.78, 5) is 28.1. The molecule has 0 spiro atoms. The molecule has 0 aliphatic heterocycles. The molecule has 0 saturated carbocycles. The fourth-order valence-corrected chi connectivity index (χ4v) is 3.16. The summed E-state index contributed by atoms with van der Waals surface area (Å²) >= 11 is 5.30. The van der Waals surface area contributed by atoms with Crippen molar-refractivity contribution >= 4 is 34.7 Å². The van der Waals surface area contributed by atoms with Crippen molar-refractivity contribution in [1.29, 1.82) is 0 Å². The maximum atomic E-state index is 13.7. The van der Waals surface area contributed by atoms with E-state index in [0.717, 1.165) is 19.3 Å². The van der Waals surface area contributed by atoms with Crippen LogP contribution in [0.3, 0.4) is 0 Å². The number of amides is 1. The lowest BCUT2D eigenvalue weighted by Crippen LogP contribution is -2.22. The van der Waals surface area contributed by atoms with Crippen LogP contribution in [-0.4, -0.2) is 15.5 Å². The highest BCUT2D eigenvalue weighted by Gasteiger charge is 2.12. The van der Waals surface area contributed by atoms with Crippen LogP contribution in [0.2, 0.25) is 0 Å². The number of carbonyl (C=O) groups excluding carboxylic acids is 1. The molecule has 0 atom stereocenters. The molecule has 7 heteroatoms. The number of anilines is 1. The van der Waals surface area contributed by atoms with Crippen LogP contribution in [0.5, 0.6) is 0 Å². The van der Waals surface area contributed by atoms with Crippen LogP contribution >= 0.6 is 12.2 Å². The third kappa shape index (κ3) is 4.14. The third-order valence-corrected chi connectivity index (χ3v) is 4.67. The Morgan fingerprint density at radius 3 is 2.74 bits per heavy atom. The van der Waals surface area contributed by atoms with E-state index in [1.165, 1.54) is 12.1 Å². The molecule has 2 N–H and O–H groups in total. The summed E-state index contributed by atoms with van der Waals surface area (Å²) in [7, 11) is 0. The van der Waals surface area contributed by atoms with Crippen molar-refractivity contribution in [2.75, 3.05) is 5.32 Å². The van der Waals surface area contributed by atoms with E-state index in [1.54, 1.807) is 34.9 Å². The van der Waals surface area contributed by atoms with E-state index in [2.05, 4.69) is 17.2 Å². The monoisotopic (exact) mass is 385 g/mol. The van der Waals surface area contributed by atoms with Crippen molar-refractivity contribution in [3.8, 4) is 0 Å². The lowest BCUT2D eigenvalue weighted by Gasteiger charge is -2.10. The molecule has 1 amide bonds. The van der Waals surface area contributed by atoms with E-state index >= 15 is 0 Å². The smallest absolute Gasteiger partial charge is 0.262 e. The van der Waals surface area contributed by atoms with Gasteiger partial charge < -0.3 is 10.3 Å². The molecule has 0 fully saturated rings. The molecule has 1 aromatic heterocycles. The number of halogens is 1. The summed E-state index contributed by atoms with van der Waals surface area (Å²) < 4.78 is 15.6. The molecular weight excluding hydrogens is 365 g/mol. The normalized spacial score (nSPS) is 10.9. The van der Waals surface area contributed by atoms with Crippen molar-refractivity contribution in [2.24, 2.45) is 0 Å². The molecule has 27 heavy (non-hydrogen) atoms. The molecule has 2 aromatic carbocycles. The molecule has 1 heterocycles. The second-order valence-corrected chi connectivity index (χ2v) is 6.68. The molecular formula is C20H20FN3O2S. The van der Waals surface area contributed by atoms with Gasteiger partial charge in [0.2, 0.25) is 0 Å². The highest BCUT2D eigenvalue weighted by molar-refractivity contribution is 7.71. The number of aromatic amines is 1. The first-order valence-corrected chi connectivity index (χ1v) is 9.25. The van der Waals surface area contributed by atoms with Crippen molar-refractivity contribution in [2.45, 2.75) is 32.7 Å². The van der Waals surface area contributed by atoms with Crippen molar-refractivity contribution in [1.82, 2.24) is 9.55 Å². The fraction of sp³-hybridized carbons (Fsp3) is 0.250. The Balaban J connectivity index is 1.92.